The number of urea groups is 1. The van der Waals surface area contributed by atoms with Crippen LogP contribution >= 0.6 is 0 Å². The van der Waals surface area contributed by atoms with E-state index in [9.17, 15) is 19.2 Å². The second-order valence-electron chi connectivity index (χ2n) is 8.12. The molecule has 0 unspecified atom stereocenters. The minimum Gasteiger partial charge on any atom is -0.489 e. The lowest BCUT2D eigenvalue weighted by molar-refractivity contribution is -0.140. The fourth-order valence-electron chi connectivity index (χ4n) is 4.02. The number of hydrogen-bond donors (Lipinski definition) is 2. The molecule has 0 atom stereocenters. The molecule has 1 saturated heterocycles. The zero-order valence-electron chi connectivity index (χ0n) is 18.0. The Morgan fingerprint density at radius 2 is 1.67 bits per heavy atom. The fraction of sp³-hybridized carbons (Fsp3) is 0.333. The van der Waals surface area contributed by atoms with Crippen LogP contribution in [-0.2, 0) is 20.9 Å². The number of imide groups is 1. The van der Waals surface area contributed by atoms with Gasteiger partial charge in [-0.1, -0.05) is 49.6 Å². The van der Waals surface area contributed by atoms with Crippen molar-refractivity contribution in [2.45, 2.75) is 44.2 Å². The van der Waals surface area contributed by atoms with Gasteiger partial charge in [-0.3, -0.25) is 15.0 Å². The number of benzene rings is 2. The summed E-state index contributed by atoms with van der Waals surface area (Å²) in [5.74, 6) is -1.37. The summed E-state index contributed by atoms with van der Waals surface area (Å²) >= 11 is 0. The molecule has 2 aliphatic rings. The molecule has 2 N–H and O–H groups in total. The van der Waals surface area contributed by atoms with E-state index in [4.69, 9.17) is 9.47 Å². The van der Waals surface area contributed by atoms with Crippen molar-refractivity contribution in [1.82, 2.24) is 15.8 Å². The molecule has 2 fully saturated rings. The van der Waals surface area contributed by atoms with E-state index in [1.54, 1.807) is 12.1 Å². The summed E-state index contributed by atoms with van der Waals surface area (Å²) in [6.45, 7) is -0.232. The Balaban J connectivity index is 1.25. The highest BCUT2D eigenvalue weighted by molar-refractivity contribution is 6.08. The SMILES string of the molecule is O=C(COC(=O)c1ccc(OCc2ccccc2)cc1)NN1C(=O)NC2(CCCCC2)C1=O. The van der Waals surface area contributed by atoms with Gasteiger partial charge in [0, 0.05) is 0 Å². The van der Waals surface area contributed by atoms with E-state index in [2.05, 4.69) is 10.7 Å². The van der Waals surface area contributed by atoms with Crippen LogP contribution < -0.4 is 15.5 Å². The average molecular weight is 451 g/mol. The molecule has 0 bridgehead atoms. The maximum atomic E-state index is 12.7. The Bertz CT molecular complexity index is 1030. The van der Waals surface area contributed by atoms with Gasteiger partial charge in [0.1, 0.15) is 17.9 Å². The van der Waals surface area contributed by atoms with Crippen molar-refractivity contribution in [2.75, 3.05) is 6.61 Å². The predicted octanol–water partition coefficient (Wildman–Crippen LogP) is 2.71. The number of nitrogens with zero attached hydrogens (tertiary/aromatic N) is 1. The van der Waals surface area contributed by atoms with E-state index in [1.807, 2.05) is 30.3 Å². The van der Waals surface area contributed by atoms with E-state index in [0.29, 0.717) is 30.2 Å². The average Bonchev–Trinajstić information content (AvgIpc) is 3.06. The van der Waals surface area contributed by atoms with Crippen molar-refractivity contribution in [2.24, 2.45) is 0 Å². The molecule has 0 aromatic heterocycles. The maximum Gasteiger partial charge on any atom is 0.344 e. The van der Waals surface area contributed by atoms with Crippen LogP contribution in [0.2, 0.25) is 0 Å². The number of rotatable bonds is 7. The van der Waals surface area contributed by atoms with E-state index in [0.717, 1.165) is 24.8 Å². The Hall–Kier alpha value is -3.88. The molecular formula is C24H25N3O6. The minimum absolute atomic E-state index is 0.242. The van der Waals surface area contributed by atoms with E-state index >= 15 is 0 Å². The first-order valence-electron chi connectivity index (χ1n) is 10.9. The third kappa shape index (κ3) is 5.14. The lowest BCUT2D eigenvalue weighted by Crippen LogP contribution is -2.51. The largest absolute Gasteiger partial charge is 0.489 e. The Morgan fingerprint density at radius 3 is 2.36 bits per heavy atom. The number of esters is 1. The van der Waals surface area contributed by atoms with Gasteiger partial charge in [-0.15, -0.1) is 0 Å². The van der Waals surface area contributed by atoms with Gasteiger partial charge in [0.25, 0.3) is 11.8 Å². The van der Waals surface area contributed by atoms with Gasteiger partial charge in [0.15, 0.2) is 6.61 Å². The first kappa shape index (κ1) is 22.3. The molecule has 2 aromatic rings. The number of nitrogens with one attached hydrogen (secondary N) is 2. The van der Waals surface area contributed by atoms with Crippen LogP contribution in [0.4, 0.5) is 4.79 Å². The number of carbonyl (C=O) groups is 4. The number of hydrogen-bond acceptors (Lipinski definition) is 6. The quantitative estimate of drug-likeness (QED) is 0.494. The van der Waals surface area contributed by atoms with Gasteiger partial charge in [-0.2, -0.15) is 5.01 Å². The molecule has 0 radical (unpaired) electrons. The Labute approximate surface area is 191 Å². The summed E-state index contributed by atoms with van der Waals surface area (Å²) in [5, 5.41) is 3.38. The Kier molecular flexibility index (Phi) is 6.58. The van der Waals surface area contributed by atoms with Crippen LogP contribution in [0.5, 0.6) is 5.75 Å². The standard InChI is InChI=1S/C24H25N3O6/c28-20(26-27-22(30)24(25-23(27)31)13-5-2-6-14-24)16-33-21(29)18-9-11-19(12-10-18)32-15-17-7-3-1-4-8-17/h1,3-4,7-12H,2,5-6,13-16H2,(H,25,31)(H,26,28). The molecule has 9 heteroatoms. The van der Waals surface area contributed by atoms with Crippen molar-refractivity contribution in [3.8, 4) is 5.75 Å². The maximum absolute atomic E-state index is 12.7. The molecule has 172 valence electrons. The highest BCUT2D eigenvalue weighted by atomic mass is 16.5. The van der Waals surface area contributed by atoms with Gasteiger partial charge in [0.05, 0.1) is 5.56 Å². The lowest BCUT2D eigenvalue weighted by atomic mass is 9.82. The van der Waals surface area contributed by atoms with Gasteiger partial charge in [-0.05, 0) is 42.7 Å². The van der Waals surface area contributed by atoms with Gasteiger partial charge in [0.2, 0.25) is 0 Å². The molecule has 2 aromatic carbocycles. The van der Waals surface area contributed by atoms with Crippen molar-refractivity contribution in [3.05, 3.63) is 65.7 Å². The third-order valence-electron chi connectivity index (χ3n) is 5.78. The zero-order chi connectivity index (χ0) is 23.3. The predicted molar refractivity (Wildman–Crippen MR) is 117 cm³/mol. The molecule has 1 spiro atoms. The molecule has 1 aliphatic carbocycles. The van der Waals surface area contributed by atoms with Crippen LogP contribution in [0.3, 0.4) is 0 Å². The number of amides is 4. The van der Waals surface area contributed by atoms with E-state index in [-0.39, 0.29) is 5.56 Å². The van der Waals surface area contributed by atoms with Crippen LogP contribution in [0, 0.1) is 0 Å². The van der Waals surface area contributed by atoms with Crippen molar-refractivity contribution in [3.63, 3.8) is 0 Å². The molecule has 1 heterocycles. The molecular weight excluding hydrogens is 426 g/mol. The fourth-order valence-corrected chi connectivity index (χ4v) is 4.02. The zero-order valence-corrected chi connectivity index (χ0v) is 18.0. The number of ether oxygens (including phenoxy) is 2. The van der Waals surface area contributed by atoms with Crippen LogP contribution in [0.1, 0.15) is 48.0 Å². The van der Waals surface area contributed by atoms with Crippen molar-refractivity contribution in [1.29, 1.82) is 0 Å². The molecule has 33 heavy (non-hydrogen) atoms. The van der Waals surface area contributed by atoms with Gasteiger partial charge in [-0.25, -0.2) is 9.59 Å². The monoisotopic (exact) mass is 451 g/mol. The molecule has 4 amide bonds. The molecule has 4 rings (SSSR count). The molecule has 1 saturated carbocycles. The van der Waals surface area contributed by atoms with Crippen LogP contribution in [0.15, 0.2) is 54.6 Å². The van der Waals surface area contributed by atoms with Gasteiger partial charge < -0.3 is 14.8 Å². The third-order valence-corrected chi connectivity index (χ3v) is 5.78. The summed E-state index contributed by atoms with van der Waals surface area (Å²) in [7, 11) is 0. The second kappa shape index (κ2) is 9.72. The topological polar surface area (TPSA) is 114 Å². The lowest BCUT2D eigenvalue weighted by Gasteiger charge is -2.30. The number of carbonyl (C=O) groups excluding carboxylic acids is 4. The number of hydrazine groups is 1. The summed E-state index contributed by atoms with van der Waals surface area (Å²) in [4.78, 5) is 49.3. The van der Waals surface area contributed by atoms with Crippen molar-refractivity contribution >= 4 is 23.8 Å². The summed E-state index contributed by atoms with van der Waals surface area (Å²) in [6, 6.07) is 15.3. The normalized spacial score (nSPS) is 16.9. The first-order valence-corrected chi connectivity index (χ1v) is 10.9. The summed E-state index contributed by atoms with van der Waals surface area (Å²) in [5.41, 5.74) is 2.55. The molecule has 9 nitrogen and oxygen atoms in total. The van der Waals surface area contributed by atoms with Crippen LogP contribution in [-0.4, -0.2) is 41.0 Å². The smallest absolute Gasteiger partial charge is 0.344 e. The Morgan fingerprint density at radius 1 is 0.970 bits per heavy atom. The van der Waals surface area contributed by atoms with E-state index < -0.39 is 36.0 Å². The minimum atomic E-state index is -0.941. The summed E-state index contributed by atoms with van der Waals surface area (Å²) in [6.07, 6.45) is 3.77. The highest BCUT2D eigenvalue weighted by Gasteiger charge is 2.52. The molecule has 1 aliphatic heterocycles. The van der Waals surface area contributed by atoms with Crippen molar-refractivity contribution < 1.29 is 28.7 Å². The highest BCUT2D eigenvalue weighted by Crippen LogP contribution is 2.32. The van der Waals surface area contributed by atoms with E-state index in [1.165, 1.54) is 12.1 Å². The first-order chi connectivity index (χ1) is 16.0. The van der Waals surface area contributed by atoms with Gasteiger partial charge >= 0.3 is 12.0 Å². The summed E-state index contributed by atoms with van der Waals surface area (Å²) < 4.78 is 10.7. The second-order valence-corrected chi connectivity index (χ2v) is 8.12. The van der Waals surface area contributed by atoms with Crippen LogP contribution in [0.25, 0.3) is 0 Å².